The average molecular weight is 360 g/mol. The van der Waals surface area contributed by atoms with E-state index in [1.807, 2.05) is 0 Å². The third-order valence-electron chi connectivity index (χ3n) is 3.60. The molecule has 9 nitrogen and oxygen atoms in total. The zero-order valence-corrected chi connectivity index (χ0v) is 13.8. The summed E-state index contributed by atoms with van der Waals surface area (Å²) >= 11 is 1.27. The van der Waals surface area contributed by atoms with Gasteiger partial charge in [0.1, 0.15) is 5.56 Å². The third-order valence-corrected chi connectivity index (χ3v) is 4.48. The van der Waals surface area contributed by atoms with E-state index in [1.165, 1.54) is 29.5 Å². The van der Waals surface area contributed by atoms with Gasteiger partial charge in [-0.15, -0.1) is 11.3 Å². The molecule has 1 aliphatic rings. The van der Waals surface area contributed by atoms with Crippen molar-refractivity contribution in [3.63, 3.8) is 0 Å². The molecule has 128 valence electrons. The average Bonchev–Trinajstić information content (AvgIpc) is 3.08. The molecule has 2 aromatic rings. The fraction of sp³-hybridized carbons (Fsp3) is 0.200. The zero-order chi connectivity index (χ0) is 18.1. The normalized spacial score (nSPS) is 13.1. The van der Waals surface area contributed by atoms with Crippen LogP contribution in [0.5, 0.6) is 0 Å². The molecule has 1 N–H and O–H groups in total. The van der Waals surface area contributed by atoms with Crippen LogP contribution in [0.1, 0.15) is 32.8 Å². The van der Waals surface area contributed by atoms with Crippen LogP contribution in [0.2, 0.25) is 0 Å². The SMILES string of the molecule is Cc1csc(NC(=O)CCN2C(=O)c3cccc([N+](=O)[O-])c3C2=O)n1. The molecule has 0 bridgehead atoms. The van der Waals surface area contributed by atoms with Crippen molar-refractivity contribution in [2.45, 2.75) is 13.3 Å². The number of nitro benzene ring substituents is 1. The Bertz CT molecular complexity index is 907. The number of hydrogen-bond acceptors (Lipinski definition) is 7. The minimum Gasteiger partial charge on any atom is -0.302 e. The Hall–Kier alpha value is -3.14. The van der Waals surface area contributed by atoms with Gasteiger partial charge in [0.15, 0.2) is 5.13 Å². The van der Waals surface area contributed by atoms with Gasteiger partial charge in [-0.25, -0.2) is 4.98 Å². The number of amides is 3. The molecule has 0 saturated carbocycles. The largest absolute Gasteiger partial charge is 0.302 e. The van der Waals surface area contributed by atoms with E-state index in [4.69, 9.17) is 0 Å². The molecule has 0 atom stereocenters. The van der Waals surface area contributed by atoms with Crippen molar-refractivity contribution in [3.8, 4) is 0 Å². The van der Waals surface area contributed by atoms with Crippen LogP contribution < -0.4 is 5.32 Å². The van der Waals surface area contributed by atoms with Gasteiger partial charge < -0.3 is 5.32 Å². The Balaban J connectivity index is 1.71. The van der Waals surface area contributed by atoms with Crippen LogP contribution in [0.4, 0.5) is 10.8 Å². The van der Waals surface area contributed by atoms with Crippen LogP contribution in [0.25, 0.3) is 0 Å². The second kappa shape index (κ2) is 6.40. The minimum absolute atomic E-state index is 0.0184. The summed E-state index contributed by atoms with van der Waals surface area (Å²) in [6, 6.07) is 3.88. The second-order valence-electron chi connectivity index (χ2n) is 5.31. The van der Waals surface area contributed by atoms with Crippen LogP contribution in [-0.4, -0.2) is 39.1 Å². The molecule has 2 heterocycles. The number of carbonyl (C=O) groups is 3. The van der Waals surface area contributed by atoms with E-state index >= 15 is 0 Å². The van der Waals surface area contributed by atoms with Crippen molar-refractivity contribution in [1.82, 2.24) is 9.88 Å². The number of nitrogens with zero attached hydrogens (tertiary/aromatic N) is 3. The zero-order valence-electron chi connectivity index (χ0n) is 13.0. The first-order valence-corrected chi connectivity index (χ1v) is 8.12. The van der Waals surface area contributed by atoms with Gasteiger partial charge in [-0.2, -0.15) is 0 Å². The Kier molecular flexibility index (Phi) is 4.28. The fourth-order valence-electron chi connectivity index (χ4n) is 2.48. The first kappa shape index (κ1) is 16.7. The molecule has 3 rings (SSSR count). The topological polar surface area (TPSA) is 123 Å². The van der Waals surface area contributed by atoms with Gasteiger partial charge >= 0.3 is 0 Å². The van der Waals surface area contributed by atoms with E-state index in [0.29, 0.717) is 5.13 Å². The summed E-state index contributed by atoms with van der Waals surface area (Å²) in [5.74, 6) is -1.80. The highest BCUT2D eigenvalue weighted by atomic mass is 32.1. The summed E-state index contributed by atoms with van der Waals surface area (Å²) in [6.45, 7) is 1.62. The molecule has 0 fully saturated rings. The highest BCUT2D eigenvalue weighted by Gasteiger charge is 2.40. The molecular formula is C15H12N4O5S. The van der Waals surface area contributed by atoms with Gasteiger partial charge in [-0.05, 0) is 13.0 Å². The number of thiazole rings is 1. The highest BCUT2D eigenvalue weighted by molar-refractivity contribution is 7.13. The molecule has 1 aromatic heterocycles. The quantitative estimate of drug-likeness (QED) is 0.494. The molecule has 0 saturated heterocycles. The van der Waals surface area contributed by atoms with Gasteiger partial charge in [0.25, 0.3) is 17.5 Å². The molecule has 25 heavy (non-hydrogen) atoms. The van der Waals surface area contributed by atoms with Crippen LogP contribution in [0.15, 0.2) is 23.6 Å². The predicted octanol–water partition coefficient (Wildman–Crippen LogP) is 1.98. The first-order valence-electron chi connectivity index (χ1n) is 7.24. The number of nitro groups is 1. The number of fused-ring (bicyclic) bond motifs is 1. The Morgan fingerprint density at radius 1 is 1.36 bits per heavy atom. The smallest absolute Gasteiger partial charge is 0.282 e. The number of imide groups is 1. The van der Waals surface area contributed by atoms with E-state index in [9.17, 15) is 24.5 Å². The maximum Gasteiger partial charge on any atom is 0.282 e. The lowest BCUT2D eigenvalue weighted by Crippen LogP contribution is -2.33. The lowest BCUT2D eigenvalue weighted by Gasteiger charge is -2.12. The molecule has 0 radical (unpaired) electrons. The Morgan fingerprint density at radius 3 is 2.76 bits per heavy atom. The van der Waals surface area contributed by atoms with Crippen molar-refractivity contribution >= 4 is 39.9 Å². The lowest BCUT2D eigenvalue weighted by atomic mass is 10.1. The van der Waals surface area contributed by atoms with E-state index in [-0.39, 0.29) is 24.1 Å². The summed E-state index contributed by atoms with van der Waals surface area (Å²) in [6.07, 6.45) is -0.127. The molecule has 0 spiro atoms. The lowest BCUT2D eigenvalue weighted by molar-refractivity contribution is -0.385. The Labute approximate surface area is 145 Å². The van der Waals surface area contributed by atoms with Crippen LogP contribution >= 0.6 is 11.3 Å². The number of rotatable bonds is 5. The van der Waals surface area contributed by atoms with Crippen molar-refractivity contribution in [3.05, 3.63) is 50.5 Å². The highest BCUT2D eigenvalue weighted by Crippen LogP contribution is 2.30. The minimum atomic E-state index is -0.759. The number of carbonyl (C=O) groups excluding carboxylic acids is 3. The van der Waals surface area contributed by atoms with Crippen LogP contribution in [0, 0.1) is 17.0 Å². The molecule has 1 aliphatic heterocycles. The molecule has 0 unspecified atom stereocenters. The second-order valence-corrected chi connectivity index (χ2v) is 6.17. The summed E-state index contributed by atoms with van der Waals surface area (Å²) in [4.78, 5) is 51.9. The maximum atomic E-state index is 12.4. The van der Waals surface area contributed by atoms with Crippen molar-refractivity contribution < 1.29 is 19.3 Å². The summed E-state index contributed by atoms with van der Waals surface area (Å²) < 4.78 is 0. The molecule has 10 heteroatoms. The van der Waals surface area contributed by atoms with E-state index < -0.39 is 28.3 Å². The van der Waals surface area contributed by atoms with Crippen molar-refractivity contribution in [2.24, 2.45) is 0 Å². The summed E-state index contributed by atoms with van der Waals surface area (Å²) in [5.41, 5.74) is 0.109. The van der Waals surface area contributed by atoms with E-state index in [1.54, 1.807) is 12.3 Å². The molecule has 0 aliphatic carbocycles. The summed E-state index contributed by atoms with van der Waals surface area (Å²) in [7, 11) is 0. The van der Waals surface area contributed by atoms with Gasteiger partial charge in [0, 0.05) is 24.4 Å². The molecule has 1 aromatic carbocycles. The molecular weight excluding hydrogens is 348 g/mol. The first-order chi connectivity index (χ1) is 11.9. The number of benzene rings is 1. The van der Waals surface area contributed by atoms with Gasteiger partial charge in [-0.1, -0.05) is 6.07 Å². The van der Waals surface area contributed by atoms with Gasteiger partial charge in [0.05, 0.1) is 16.2 Å². The van der Waals surface area contributed by atoms with Crippen molar-refractivity contribution in [1.29, 1.82) is 0 Å². The third kappa shape index (κ3) is 3.11. The predicted molar refractivity (Wildman–Crippen MR) is 88.6 cm³/mol. The maximum absolute atomic E-state index is 12.4. The molecule has 3 amide bonds. The fourth-order valence-corrected chi connectivity index (χ4v) is 3.18. The number of hydrogen-bond donors (Lipinski definition) is 1. The van der Waals surface area contributed by atoms with Crippen LogP contribution in [0.3, 0.4) is 0 Å². The van der Waals surface area contributed by atoms with Gasteiger partial charge in [-0.3, -0.25) is 29.4 Å². The Morgan fingerprint density at radius 2 is 2.12 bits per heavy atom. The van der Waals surface area contributed by atoms with Gasteiger partial charge in [0.2, 0.25) is 5.91 Å². The number of nitrogens with one attached hydrogen (secondary N) is 1. The van der Waals surface area contributed by atoms with E-state index in [0.717, 1.165) is 10.6 Å². The van der Waals surface area contributed by atoms with Crippen molar-refractivity contribution in [2.75, 3.05) is 11.9 Å². The standard InChI is InChI=1S/C15H12N4O5S/c1-8-7-25-15(16-8)17-11(20)5-6-18-13(21)9-3-2-4-10(19(23)24)12(9)14(18)22/h2-4,7H,5-6H2,1H3,(H,16,17,20). The van der Waals surface area contributed by atoms with E-state index in [2.05, 4.69) is 10.3 Å². The summed E-state index contributed by atoms with van der Waals surface area (Å²) in [5, 5.41) is 15.8. The number of aromatic nitrogens is 1. The number of aryl methyl sites for hydroxylation is 1. The van der Waals surface area contributed by atoms with Crippen LogP contribution in [-0.2, 0) is 4.79 Å². The number of anilines is 1. The monoisotopic (exact) mass is 360 g/mol.